The number of nitrogens with one attached hydrogen (secondary N) is 1. The molecule has 2 rings (SSSR count). The smallest absolute Gasteiger partial charge is 0.339 e. The van der Waals surface area contributed by atoms with Gasteiger partial charge in [-0.1, -0.05) is 11.6 Å². The van der Waals surface area contributed by atoms with Gasteiger partial charge in [0, 0.05) is 26.2 Å². The van der Waals surface area contributed by atoms with Gasteiger partial charge in [-0.2, -0.15) is 17.5 Å². The van der Waals surface area contributed by atoms with Crippen LogP contribution in [0.2, 0.25) is 5.02 Å². The topological polar surface area (TPSA) is 69.7 Å². The van der Waals surface area contributed by atoms with Crippen molar-refractivity contribution < 1.29 is 26.4 Å². The molecule has 1 amide bonds. The number of carbonyl (C=O) groups excluding carboxylic acids is 1. The fraction of sp³-hybridized carbons (Fsp3) is 0.500. The molecule has 0 saturated carbocycles. The van der Waals surface area contributed by atoms with Gasteiger partial charge in [0.25, 0.3) is 0 Å². The molecule has 0 spiro atoms. The van der Waals surface area contributed by atoms with E-state index in [1.807, 2.05) is 0 Å². The number of amides is 1. The Morgan fingerprint density at radius 3 is 2.36 bits per heavy atom. The van der Waals surface area contributed by atoms with Crippen molar-refractivity contribution >= 4 is 27.5 Å². The van der Waals surface area contributed by atoms with E-state index in [1.54, 1.807) is 7.05 Å². The van der Waals surface area contributed by atoms with Crippen molar-refractivity contribution in [2.45, 2.75) is 11.1 Å². The fourth-order valence-electron chi connectivity index (χ4n) is 2.47. The molecule has 1 aromatic rings. The number of rotatable bonds is 4. The number of halogens is 4. The van der Waals surface area contributed by atoms with E-state index in [4.69, 9.17) is 11.6 Å². The predicted molar refractivity (Wildman–Crippen MR) is 85.7 cm³/mol. The molecule has 0 unspecified atom stereocenters. The van der Waals surface area contributed by atoms with E-state index in [0.29, 0.717) is 6.07 Å². The highest BCUT2D eigenvalue weighted by Crippen LogP contribution is 2.36. The summed E-state index contributed by atoms with van der Waals surface area (Å²) in [6.07, 6.45) is -4.75. The van der Waals surface area contributed by atoms with E-state index in [2.05, 4.69) is 5.32 Å². The summed E-state index contributed by atoms with van der Waals surface area (Å²) >= 11 is 5.52. The predicted octanol–water partition coefficient (Wildman–Crippen LogP) is 1.41. The van der Waals surface area contributed by atoms with E-state index in [0.717, 1.165) is 16.4 Å². The molecular formula is C14H17ClF3N3O3S. The average molecular weight is 400 g/mol. The molecule has 1 N–H and O–H groups in total. The van der Waals surface area contributed by atoms with Gasteiger partial charge in [-0.05, 0) is 25.2 Å². The van der Waals surface area contributed by atoms with E-state index in [-0.39, 0.29) is 38.6 Å². The van der Waals surface area contributed by atoms with Crippen LogP contribution >= 0.6 is 11.6 Å². The van der Waals surface area contributed by atoms with Crippen molar-refractivity contribution in [3.05, 3.63) is 28.8 Å². The van der Waals surface area contributed by atoms with Crippen LogP contribution in [0.15, 0.2) is 23.1 Å². The highest BCUT2D eigenvalue weighted by atomic mass is 35.5. The molecule has 140 valence electrons. The van der Waals surface area contributed by atoms with Gasteiger partial charge in [0.1, 0.15) is 0 Å². The molecular weight excluding hydrogens is 383 g/mol. The molecule has 6 nitrogen and oxygen atoms in total. The van der Waals surface area contributed by atoms with Crippen LogP contribution in [0.4, 0.5) is 13.2 Å². The third kappa shape index (κ3) is 4.43. The van der Waals surface area contributed by atoms with Gasteiger partial charge in [0.05, 0.1) is 22.0 Å². The maximum atomic E-state index is 12.9. The van der Waals surface area contributed by atoms with Crippen LogP contribution in [0.5, 0.6) is 0 Å². The van der Waals surface area contributed by atoms with Crippen molar-refractivity contribution in [1.82, 2.24) is 14.5 Å². The number of hydrogen-bond donors (Lipinski definition) is 1. The molecule has 1 fully saturated rings. The normalized spacial score (nSPS) is 16.9. The van der Waals surface area contributed by atoms with Gasteiger partial charge in [-0.25, -0.2) is 8.42 Å². The van der Waals surface area contributed by atoms with E-state index in [9.17, 15) is 26.4 Å². The van der Waals surface area contributed by atoms with Gasteiger partial charge >= 0.3 is 6.18 Å². The van der Waals surface area contributed by atoms with E-state index < -0.39 is 31.7 Å². The van der Waals surface area contributed by atoms with Crippen molar-refractivity contribution in [2.24, 2.45) is 0 Å². The van der Waals surface area contributed by atoms with Crippen LogP contribution < -0.4 is 5.32 Å². The minimum Gasteiger partial charge on any atom is -0.339 e. The van der Waals surface area contributed by atoms with E-state index in [1.165, 1.54) is 4.90 Å². The van der Waals surface area contributed by atoms with Gasteiger partial charge < -0.3 is 10.2 Å². The number of carbonyl (C=O) groups is 1. The quantitative estimate of drug-likeness (QED) is 0.831. The second-order valence-corrected chi connectivity index (χ2v) is 7.80. The second-order valence-electron chi connectivity index (χ2n) is 5.45. The lowest BCUT2D eigenvalue weighted by molar-refractivity contribution is -0.137. The first kappa shape index (κ1) is 20.0. The molecule has 1 aliphatic heterocycles. The summed E-state index contributed by atoms with van der Waals surface area (Å²) in [4.78, 5) is 12.8. The molecule has 0 bridgehead atoms. The zero-order chi connectivity index (χ0) is 18.8. The van der Waals surface area contributed by atoms with Crippen molar-refractivity contribution in [1.29, 1.82) is 0 Å². The number of nitrogens with zero attached hydrogens (tertiary/aromatic N) is 2. The molecule has 0 atom stereocenters. The lowest BCUT2D eigenvalue weighted by Gasteiger charge is -2.34. The Labute approximate surface area is 148 Å². The van der Waals surface area contributed by atoms with Gasteiger partial charge in [-0.15, -0.1) is 0 Å². The van der Waals surface area contributed by atoms with Crippen LogP contribution in [-0.2, 0) is 21.0 Å². The summed E-state index contributed by atoms with van der Waals surface area (Å²) in [6.45, 7) is 0.529. The van der Waals surface area contributed by atoms with Crippen LogP contribution in [-0.4, -0.2) is 63.3 Å². The number of hydrogen-bond acceptors (Lipinski definition) is 4. The molecule has 1 aliphatic rings. The summed E-state index contributed by atoms with van der Waals surface area (Å²) in [5.74, 6) is -0.162. The lowest BCUT2D eigenvalue weighted by atomic mass is 10.2. The Morgan fingerprint density at radius 2 is 1.84 bits per heavy atom. The summed E-state index contributed by atoms with van der Waals surface area (Å²) in [6, 6.07) is 2.51. The number of likely N-dealkylation sites (N-methyl/N-ethyl adjacent to an activating group) is 1. The molecule has 0 aromatic heterocycles. The number of benzene rings is 1. The molecule has 0 aliphatic carbocycles. The van der Waals surface area contributed by atoms with E-state index >= 15 is 0 Å². The minimum absolute atomic E-state index is 0.0156. The third-order valence-corrected chi connectivity index (χ3v) is 6.02. The Hall–Kier alpha value is -1.36. The zero-order valence-electron chi connectivity index (χ0n) is 13.3. The first-order chi connectivity index (χ1) is 11.6. The molecule has 25 heavy (non-hydrogen) atoms. The zero-order valence-corrected chi connectivity index (χ0v) is 14.9. The van der Waals surface area contributed by atoms with Crippen LogP contribution in [0.3, 0.4) is 0 Å². The molecule has 0 radical (unpaired) electrons. The highest BCUT2D eigenvalue weighted by Gasteiger charge is 2.36. The largest absolute Gasteiger partial charge is 0.417 e. The highest BCUT2D eigenvalue weighted by molar-refractivity contribution is 7.89. The van der Waals surface area contributed by atoms with Crippen molar-refractivity contribution in [3.63, 3.8) is 0 Å². The van der Waals surface area contributed by atoms with Crippen LogP contribution in [0.25, 0.3) is 0 Å². The Kier molecular flexibility index (Phi) is 5.97. The second kappa shape index (κ2) is 7.48. The maximum absolute atomic E-state index is 12.9. The number of piperazine rings is 1. The summed E-state index contributed by atoms with van der Waals surface area (Å²) in [5.41, 5.74) is -1.20. The van der Waals surface area contributed by atoms with Crippen LogP contribution in [0.1, 0.15) is 5.56 Å². The Balaban J connectivity index is 2.19. The SMILES string of the molecule is CNCC(=O)N1CCN(S(=O)(=O)c2ccc(Cl)c(C(F)(F)F)c2)CC1. The summed E-state index contributed by atoms with van der Waals surface area (Å²) in [5, 5.41) is 2.15. The average Bonchev–Trinajstić information content (AvgIpc) is 2.54. The molecule has 1 heterocycles. The van der Waals surface area contributed by atoms with Crippen LogP contribution in [0, 0.1) is 0 Å². The molecule has 1 aromatic carbocycles. The van der Waals surface area contributed by atoms with Gasteiger partial charge in [-0.3, -0.25) is 4.79 Å². The first-order valence-corrected chi connectivity index (χ1v) is 9.18. The first-order valence-electron chi connectivity index (χ1n) is 7.36. The van der Waals surface area contributed by atoms with Gasteiger partial charge in [0.15, 0.2) is 0 Å². The minimum atomic E-state index is -4.75. The molecule has 1 saturated heterocycles. The standard InChI is InChI=1S/C14H17ClF3N3O3S/c1-19-9-13(22)20-4-6-21(7-5-20)25(23,24)10-2-3-12(15)11(8-10)14(16,17)18/h2-3,8,19H,4-7,9H2,1H3. The molecule has 11 heteroatoms. The lowest BCUT2D eigenvalue weighted by Crippen LogP contribution is -2.52. The van der Waals surface area contributed by atoms with Crippen molar-refractivity contribution in [3.8, 4) is 0 Å². The van der Waals surface area contributed by atoms with Crippen molar-refractivity contribution in [2.75, 3.05) is 39.8 Å². The summed E-state index contributed by atoms with van der Waals surface area (Å²) in [7, 11) is -2.48. The maximum Gasteiger partial charge on any atom is 0.417 e. The Bertz CT molecular complexity index is 747. The number of sulfonamides is 1. The monoisotopic (exact) mass is 399 g/mol. The summed E-state index contributed by atoms with van der Waals surface area (Å²) < 4.78 is 65.0. The van der Waals surface area contributed by atoms with Gasteiger partial charge in [0.2, 0.25) is 15.9 Å². The Morgan fingerprint density at radius 1 is 1.24 bits per heavy atom. The number of alkyl halides is 3. The third-order valence-electron chi connectivity index (χ3n) is 3.80. The fourth-order valence-corrected chi connectivity index (χ4v) is 4.15.